The van der Waals surface area contributed by atoms with Gasteiger partial charge in [0, 0.05) is 17.6 Å². The molecule has 2 bridgehead atoms. The Morgan fingerprint density at radius 3 is 2.59 bits per heavy atom. The number of anilines is 2. The third-order valence-electron chi connectivity index (χ3n) is 6.09. The molecule has 7 nitrogen and oxygen atoms in total. The van der Waals surface area contributed by atoms with Crippen LogP contribution in [0.5, 0.6) is 5.88 Å². The van der Waals surface area contributed by atoms with Gasteiger partial charge in [0.25, 0.3) is 5.24 Å². The number of piperidine rings is 1. The number of fused-ring (bicyclic) bond motifs is 2. The van der Waals surface area contributed by atoms with E-state index in [0.717, 1.165) is 12.0 Å². The zero-order valence-corrected chi connectivity index (χ0v) is 21.2. The van der Waals surface area contributed by atoms with Crippen LogP contribution in [0, 0.1) is 12.7 Å². The van der Waals surface area contributed by atoms with Gasteiger partial charge in [-0.05, 0) is 31.0 Å². The van der Waals surface area contributed by atoms with Crippen molar-refractivity contribution in [3.8, 4) is 5.88 Å². The Hall–Kier alpha value is -2.39. The Morgan fingerprint density at radius 2 is 1.97 bits per heavy atom. The Bertz CT molecular complexity index is 1030. The maximum atomic E-state index is 14.5. The molecule has 1 amide bonds. The molecule has 4 rings (SSSR count). The molecule has 0 spiro atoms. The van der Waals surface area contributed by atoms with Gasteiger partial charge in [0.2, 0.25) is 5.88 Å². The van der Waals surface area contributed by atoms with Gasteiger partial charge >= 0.3 is 0 Å². The highest BCUT2D eigenvalue weighted by atomic mass is 32.2. The van der Waals surface area contributed by atoms with E-state index in [1.165, 1.54) is 24.2 Å². The van der Waals surface area contributed by atoms with Gasteiger partial charge in [-0.15, -0.1) is 0 Å². The SMILES string of the molecule is CCc1ccc(Nc2ncnc(OC3CC4COCC(C3)N4C(=O)SC(C)(C)C)c2C)c(F)c1. The second-order valence-corrected chi connectivity index (χ2v) is 11.7. The molecule has 184 valence electrons. The Morgan fingerprint density at radius 1 is 1.26 bits per heavy atom. The number of thioether (sulfide) groups is 1. The lowest BCUT2D eigenvalue weighted by Crippen LogP contribution is -2.60. The summed E-state index contributed by atoms with van der Waals surface area (Å²) in [4.78, 5) is 23.6. The van der Waals surface area contributed by atoms with E-state index >= 15 is 0 Å². The second kappa shape index (κ2) is 10.1. The summed E-state index contributed by atoms with van der Waals surface area (Å²) in [5.41, 5.74) is 2.01. The monoisotopic (exact) mass is 488 g/mol. The smallest absolute Gasteiger partial charge is 0.282 e. The quantitative estimate of drug-likeness (QED) is 0.596. The lowest BCUT2D eigenvalue weighted by atomic mass is 9.92. The van der Waals surface area contributed by atoms with Crippen LogP contribution >= 0.6 is 11.8 Å². The van der Waals surface area contributed by atoms with Crippen molar-refractivity contribution >= 4 is 28.5 Å². The zero-order valence-electron chi connectivity index (χ0n) is 20.4. The topological polar surface area (TPSA) is 76.6 Å². The highest BCUT2D eigenvalue weighted by molar-refractivity contribution is 8.14. The molecule has 2 aliphatic rings. The van der Waals surface area contributed by atoms with Crippen LogP contribution in [0.2, 0.25) is 0 Å². The molecule has 1 N–H and O–H groups in total. The average molecular weight is 489 g/mol. The van der Waals surface area contributed by atoms with E-state index in [0.29, 0.717) is 49.0 Å². The number of amides is 1. The summed E-state index contributed by atoms with van der Waals surface area (Å²) in [6.45, 7) is 11.0. The average Bonchev–Trinajstić information content (AvgIpc) is 2.76. The Kier molecular flexibility index (Phi) is 7.33. The van der Waals surface area contributed by atoms with Crippen molar-refractivity contribution in [3.05, 3.63) is 41.5 Å². The second-order valence-electron chi connectivity index (χ2n) is 9.89. The molecule has 0 radical (unpaired) electrons. The van der Waals surface area contributed by atoms with E-state index in [-0.39, 0.29) is 34.0 Å². The summed E-state index contributed by atoms with van der Waals surface area (Å²) in [5, 5.41) is 3.17. The van der Waals surface area contributed by atoms with Crippen LogP contribution in [0.3, 0.4) is 0 Å². The van der Waals surface area contributed by atoms with Crippen LogP contribution in [0.1, 0.15) is 51.7 Å². The first-order valence-corrected chi connectivity index (χ1v) is 12.6. The van der Waals surface area contributed by atoms with Crippen molar-refractivity contribution in [1.29, 1.82) is 0 Å². The number of aryl methyl sites for hydroxylation is 1. The van der Waals surface area contributed by atoms with Gasteiger partial charge in [-0.1, -0.05) is 45.5 Å². The predicted molar refractivity (Wildman–Crippen MR) is 132 cm³/mol. The van der Waals surface area contributed by atoms with Crippen molar-refractivity contribution in [2.45, 2.75) is 76.8 Å². The number of hydrogen-bond acceptors (Lipinski definition) is 7. The fourth-order valence-electron chi connectivity index (χ4n) is 4.42. The summed E-state index contributed by atoms with van der Waals surface area (Å²) in [7, 11) is 0. The maximum absolute atomic E-state index is 14.5. The summed E-state index contributed by atoms with van der Waals surface area (Å²) in [5.74, 6) is 0.652. The van der Waals surface area contributed by atoms with Crippen molar-refractivity contribution in [3.63, 3.8) is 0 Å². The minimum absolute atomic E-state index is 0.0224. The van der Waals surface area contributed by atoms with Crippen LogP contribution in [0.4, 0.5) is 20.7 Å². The zero-order chi connectivity index (χ0) is 24.5. The number of nitrogens with one attached hydrogen (secondary N) is 1. The van der Waals surface area contributed by atoms with Gasteiger partial charge in [-0.3, -0.25) is 4.79 Å². The van der Waals surface area contributed by atoms with Crippen molar-refractivity contribution in [2.75, 3.05) is 18.5 Å². The lowest BCUT2D eigenvalue weighted by molar-refractivity contribution is -0.0738. The summed E-state index contributed by atoms with van der Waals surface area (Å²) < 4.78 is 26.4. The first-order valence-electron chi connectivity index (χ1n) is 11.8. The number of rotatable bonds is 5. The van der Waals surface area contributed by atoms with Crippen LogP contribution < -0.4 is 10.1 Å². The molecule has 2 atom stereocenters. The van der Waals surface area contributed by atoms with E-state index in [1.807, 2.05) is 45.6 Å². The van der Waals surface area contributed by atoms with Crippen LogP contribution in [-0.4, -0.2) is 56.3 Å². The molecule has 1 aromatic carbocycles. The highest BCUT2D eigenvalue weighted by Crippen LogP contribution is 2.36. The van der Waals surface area contributed by atoms with E-state index in [2.05, 4.69) is 15.3 Å². The minimum Gasteiger partial charge on any atom is -0.474 e. The number of hydrogen-bond donors (Lipinski definition) is 1. The van der Waals surface area contributed by atoms with E-state index in [9.17, 15) is 9.18 Å². The first-order chi connectivity index (χ1) is 16.1. The van der Waals surface area contributed by atoms with Gasteiger partial charge in [0.1, 0.15) is 24.1 Å². The molecule has 0 saturated carbocycles. The molecule has 9 heteroatoms. The van der Waals surface area contributed by atoms with Gasteiger partial charge in [0.15, 0.2) is 0 Å². The number of halogens is 1. The third-order valence-corrected chi connectivity index (χ3v) is 7.09. The maximum Gasteiger partial charge on any atom is 0.282 e. The molecule has 1 aromatic heterocycles. The minimum atomic E-state index is -0.321. The van der Waals surface area contributed by atoms with Gasteiger partial charge in [-0.2, -0.15) is 0 Å². The number of ether oxygens (including phenoxy) is 2. The van der Waals surface area contributed by atoms with Crippen molar-refractivity contribution in [1.82, 2.24) is 14.9 Å². The highest BCUT2D eigenvalue weighted by Gasteiger charge is 2.43. The standard InChI is InChI=1S/C25H33FN4O3S/c1-6-16-7-8-21(20(26)9-16)29-22-15(2)23(28-14-27-22)33-19-10-17-12-32-13-18(11-19)30(17)24(31)34-25(3,4)5/h7-9,14,17-19H,6,10-13H2,1-5H3,(H,27,28,29). The summed E-state index contributed by atoms with van der Waals surface area (Å²) in [6.07, 6.45) is 3.45. The van der Waals surface area contributed by atoms with Gasteiger partial charge in [-0.25, -0.2) is 14.4 Å². The first kappa shape index (κ1) is 24.7. The third kappa shape index (κ3) is 5.63. The van der Waals surface area contributed by atoms with E-state index < -0.39 is 0 Å². The Labute approximate surface area is 204 Å². The molecule has 2 aromatic rings. The van der Waals surface area contributed by atoms with E-state index in [4.69, 9.17) is 9.47 Å². The summed E-state index contributed by atoms with van der Waals surface area (Å²) in [6, 6.07) is 5.11. The molecule has 2 fully saturated rings. The number of nitrogens with zero attached hydrogens (tertiary/aromatic N) is 3. The number of aromatic nitrogens is 2. The normalized spacial score (nSPS) is 22.4. The molecule has 34 heavy (non-hydrogen) atoms. The van der Waals surface area contributed by atoms with Crippen LogP contribution in [-0.2, 0) is 11.2 Å². The number of carbonyl (C=O) groups is 1. The molecule has 2 unspecified atom stereocenters. The van der Waals surface area contributed by atoms with Crippen LogP contribution in [0.15, 0.2) is 24.5 Å². The largest absolute Gasteiger partial charge is 0.474 e. The molecular formula is C25H33FN4O3S. The molecule has 2 aliphatic heterocycles. The fourth-order valence-corrected chi connectivity index (χ4v) is 5.35. The number of morpholine rings is 1. The lowest BCUT2D eigenvalue weighted by Gasteiger charge is -2.48. The Balaban J connectivity index is 1.46. The van der Waals surface area contributed by atoms with Crippen molar-refractivity contribution in [2.24, 2.45) is 0 Å². The van der Waals surface area contributed by atoms with Gasteiger partial charge in [0.05, 0.1) is 36.5 Å². The molecule has 0 aliphatic carbocycles. The van der Waals surface area contributed by atoms with Crippen LogP contribution in [0.25, 0.3) is 0 Å². The molecule has 2 saturated heterocycles. The number of benzene rings is 1. The van der Waals surface area contributed by atoms with Gasteiger partial charge < -0.3 is 19.7 Å². The predicted octanol–water partition coefficient (Wildman–Crippen LogP) is 5.49. The fraction of sp³-hybridized carbons (Fsp3) is 0.560. The number of carbonyl (C=O) groups excluding carboxylic acids is 1. The molecular weight excluding hydrogens is 455 g/mol. The molecule has 3 heterocycles. The van der Waals surface area contributed by atoms with Crippen molar-refractivity contribution < 1.29 is 18.7 Å². The van der Waals surface area contributed by atoms with E-state index in [1.54, 1.807) is 6.07 Å². The summed E-state index contributed by atoms with van der Waals surface area (Å²) >= 11 is 1.36.